The average molecular weight is 348 g/mol. The minimum Gasteiger partial charge on any atom is -0.480 e. The summed E-state index contributed by atoms with van der Waals surface area (Å²) in [5.41, 5.74) is 12.3. The van der Waals surface area contributed by atoms with Crippen LogP contribution in [0.25, 0.3) is 0 Å². The number of likely N-dealkylation sites (tertiary alicyclic amines) is 1. The first-order valence-electron chi connectivity index (χ1n) is 8.24. The zero-order chi connectivity index (χ0) is 18.4. The lowest BCUT2D eigenvalue weighted by Crippen LogP contribution is -2.49. The number of amides is 2. The number of nitrogens with two attached hydrogens (primary N) is 2. The highest BCUT2D eigenvalue weighted by atomic mass is 16.4. The van der Waals surface area contributed by atoms with Crippen molar-refractivity contribution in [2.45, 2.75) is 37.4 Å². The second-order valence-electron chi connectivity index (χ2n) is 6.18. The third-order valence-corrected chi connectivity index (χ3v) is 4.32. The van der Waals surface area contributed by atoms with Crippen LogP contribution in [0.1, 0.15) is 18.4 Å². The number of hydrogen-bond acceptors (Lipinski definition) is 5. The molecule has 1 fully saturated rings. The monoisotopic (exact) mass is 348 g/mol. The smallest absolute Gasteiger partial charge is 0.326 e. The van der Waals surface area contributed by atoms with Gasteiger partial charge in [-0.25, -0.2) is 4.79 Å². The Kier molecular flexibility index (Phi) is 6.49. The van der Waals surface area contributed by atoms with Crippen molar-refractivity contribution in [3.05, 3.63) is 35.9 Å². The molecule has 8 heteroatoms. The molecule has 0 unspecified atom stereocenters. The molecule has 2 rings (SSSR count). The first kappa shape index (κ1) is 18.9. The van der Waals surface area contributed by atoms with Crippen LogP contribution in [0.15, 0.2) is 30.3 Å². The summed E-state index contributed by atoms with van der Waals surface area (Å²) in [6.45, 7) is -0.0562. The summed E-state index contributed by atoms with van der Waals surface area (Å²) >= 11 is 0. The van der Waals surface area contributed by atoms with Crippen LogP contribution in [0.4, 0.5) is 0 Å². The van der Waals surface area contributed by atoms with E-state index < -0.39 is 30.0 Å². The third kappa shape index (κ3) is 5.01. The zero-order valence-corrected chi connectivity index (χ0v) is 13.9. The second kappa shape index (κ2) is 8.59. The van der Waals surface area contributed by atoms with Gasteiger partial charge in [0, 0.05) is 19.0 Å². The highest BCUT2D eigenvalue weighted by molar-refractivity contribution is 5.88. The van der Waals surface area contributed by atoms with E-state index >= 15 is 0 Å². The van der Waals surface area contributed by atoms with E-state index in [0.29, 0.717) is 12.8 Å². The van der Waals surface area contributed by atoms with Gasteiger partial charge in [0.2, 0.25) is 11.8 Å². The van der Waals surface area contributed by atoms with Gasteiger partial charge < -0.3 is 26.8 Å². The Morgan fingerprint density at radius 1 is 1.28 bits per heavy atom. The van der Waals surface area contributed by atoms with Crippen molar-refractivity contribution in [1.29, 1.82) is 0 Å². The molecule has 0 aliphatic carbocycles. The van der Waals surface area contributed by atoms with E-state index in [4.69, 9.17) is 11.5 Å². The number of aliphatic carboxylic acids is 1. The predicted molar refractivity (Wildman–Crippen MR) is 91.5 cm³/mol. The number of rotatable bonds is 7. The lowest BCUT2D eigenvalue weighted by molar-refractivity contribution is -0.148. The van der Waals surface area contributed by atoms with Gasteiger partial charge in [-0.3, -0.25) is 9.59 Å². The Bertz CT molecular complexity index is 622. The highest BCUT2D eigenvalue weighted by Crippen LogP contribution is 2.20. The average Bonchev–Trinajstić information content (AvgIpc) is 3.03. The van der Waals surface area contributed by atoms with Gasteiger partial charge in [0.25, 0.3) is 0 Å². The van der Waals surface area contributed by atoms with Crippen LogP contribution in [0.3, 0.4) is 0 Å². The molecule has 0 radical (unpaired) electrons. The molecule has 1 aliphatic heterocycles. The molecule has 0 aromatic heterocycles. The van der Waals surface area contributed by atoms with Gasteiger partial charge in [0.15, 0.2) is 0 Å². The van der Waals surface area contributed by atoms with Crippen molar-refractivity contribution in [2.24, 2.45) is 11.5 Å². The Morgan fingerprint density at radius 3 is 2.56 bits per heavy atom. The van der Waals surface area contributed by atoms with Crippen molar-refractivity contribution in [2.75, 3.05) is 13.1 Å². The minimum absolute atomic E-state index is 0.126. The SMILES string of the molecule is NCC(=O)N[C@@H]1C[C@@H](C(=O)O)N(C(=O)[C@@H](N)CCc2ccccc2)C1. The molecule has 1 aromatic carbocycles. The number of benzene rings is 1. The zero-order valence-electron chi connectivity index (χ0n) is 13.9. The van der Waals surface area contributed by atoms with Gasteiger partial charge in [0.1, 0.15) is 6.04 Å². The Morgan fingerprint density at radius 2 is 1.96 bits per heavy atom. The van der Waals surface area contributed by atoms with Crippen molar-refractivity contribution >= 4 is 17.8 Å². The van der Waals surface area contributed by atoms with Crippen LogP contribution in [0.5, 0.6) is 0 Å². The number of carboxylic acids is 1. The summed E-state index contributed by atoms with van der Waals surface area (Å²) in [7, 11) is 0. The molecule has 2 amide bonds. The second-order valence-corrected chi connectivity index (χ2v) is 6.18. The fraction of sp³-hybridized carbons (Fsp3) is 0.471. The molecule has 6 N–H and O–H groups in total. The first-order valence-corrected chi connectivity index (χ1v) is 8.24. The van der Waals surface area contributed by atoms with Gasteiger partial charge in [0.05, 0.1) is 12.6 Å². The summed E-state index contributed by atoms with van der Waals surface area (Å²) < 4.78 is 0. The van der Waals surface area contributed by atoms with Gasteiger partial charge >= 0.3 is 5.97 Å². The maximum absolute atomic E-state index is 12.6. The van der Waals surface area contributed by atoms with Crippen LogP contribution >= 0.6 is 0 Å². The van der Waals surface area contributed by atoms with E-state index in [1.807, 2.05) is 30.3 Å². The van der Waals surface area contributed by atoms with Crippen molar-refractivity contribution in [1.82, 2.24) is 10.2 Å². The number of carboxylic acid groups (broad SMARTS) is 1. The number of carbonyl (C=O) groups is 3. The number of aryl methyl sites for hydroxylation is 1. The largest absolute Gasteiger partial charge is 0.480 e. The topological polar surface area (TPSA) is 139 Å². The van der Waals surface area contributed by atoms with E-state index in [1.54, 1.807) is 0 Å². The molecule has 1 heterocycles. The van der Waals surface area contributed by atoms with Crippen molar-refractivity contribution < 1.29 is 19.5 Å². The lowest BCUT2D eigenvalue weighted by Gasteiger charge is -2.24. The molecular formula is C17H24N4O4. The molecule has 3 atom stereocenters. The summed E-state index contributed by atoms with van der Waals surface area (Å²) in [6.07, 6.45) is 1.20. The van der Waals surface area contributed by atoms with Gasteiger partial charge in [-0.15, -0.1) is 0 Å². The van der Waals surface area contributed by atoms with Crippen molar-refractivity contribution in [3.63, 3.8) is 0 Å². The predicted octanol–water partition coefficient (Wildman–Crippen LogP) is -0.924. The molecule has 25 heavy (non-hydrogen) atoms. The van der Waals surface area contributed by atoms with E-state index in [2.05, 4.69) is 5.32 Å². The summed E-state index contributed by atoms with van der Waals surface area (Å²) in [5.74, 6) is -1.89. The number of carbonyl (C=O) groups excluding carboxylic acids is 2. The fourth-order valence-corrected chi connectivity index (χ4v) is 3.01. The maximum atomic E-state index is 12.6. The molecule has 1 aliphatic rings. The first-order chi connectivity index (χ1) is 11.9. The quantitative estimate of drug-likeness (QED) is 0.502. The van der Waals surface area contributed by atoms with E-state index in [0.717, 1.165) is 5.56 Å². The number of nitrogens with zero attached hydrogens (tertiary/aromatic N) is 1. The van der Waals surface area contributed by atoms with E-state index in [-0.39, 0.29) is 25.4 Å². The molecule has 0 saturated carbocycles. The summed E-state index contributed by atoms with van der Waals surface area (Å²) in [6, 6.07) is 7.43. The summed E-state index contributed by atoms with van der Waals surface area (Å²) in [4.78, 5) is 36.7. The van der Waals surface area contributed by atoms with Crippen LogP contribution in [-0.2, 0) is 20.8 Å². The Hall–Kier alpha value is -2.45. The van der Waals surface area contributed by atoms with E-state index in [1.165, 1.54) is 4.90 Å². The van der Waals surface area contributed by atoms with Crippen LogP contribution < -0.4 is 16.8 Å². The molecule has 1 aromatic rings. The fourth-order valence-electron chi connectivity index (χ4n) is 3.01. The lowest BCUT2D eigenvalue weighted by atomic mass is 10.0. The van der Waals surface area contributed by atoms with Gasteiger partial charge in [-0.2, -0.15) is 0 Å². The molecular weight excluding hydrogens is 324 g/mol. The van der Waals surface area contributed by atoms with Crippen LogP contribution in [-0.4, -0.2) is 59.0 Å². The minimum atomic E-state index is -1.10. The molecule has 1 saturated heterocycles. The van der Waals surface area contributed by atoms with Crippen molar-refractivity contribution in [3.8, 4) is 0 Å². The number of hydrogen-bond donors (Lipinski definition) is 4. The normalized spacial score (nSPS) is 21.0. The van der Waals surface area contributed by atoms with Crippen LogP contribution in [0, 0.1) is 0 Å². The van der Waals surface area contributed by atoms with Gasteiger partial charge in [-0.05, 0) is 18.4 Å². The molecule has 0 bridgehead atoms. The number of nitrogens with one attached hydrogen (secondary N) is 1. The maximum Gasteiger partial charge on any atom is 0.326 e. The highest BCUT2D eigenvalue weighted by Gasteiger charge is 2.41. The summed E-state index contributed by atoms with van der Waals surface area (Å²) in [5, 5.41) is 12.0. The molecule has 136 valence electrons. The van der Waals surface area contributed by atoms with Crippen LogP contribution in [0.2, 0.25) is 0 Å². The Balaban J connectivity index is 1.97. The van der Waals surface area contributed by atoms with E-state index in [9.17, 15) is 19.5 Å². The standard InChI is InChI=1S/C17H24N4O4/c18-9-15(22)20-12-8-14(17(24)25)21(10-12)16(23)13(19)7-6-11-4-2-1-3-5-11/h1-5,12-14H,6-10,18-19H2,(H,20,22)(H,24,25)/t12-,13+,14+/m1/s1. The molecule has 0 spiro atoms. The van der Waals surface area contributed by atoms with Gasteiger partial charge in [-0.1, -0.05) is 30.3 Å². The Labute approximate surface area is 146 Å². The molecule has 8 nitrogen and oxygen atoms in total. The third-order valence-electron chi connectivity index (χ3n) is 4.32.